The van der Waals surface area contributed by atoms with Crippen LogP contribution in [0, 0.1) is 10.1 Å². The molecule has 0 aliphatic rings. The highest BCUT2D eigenvalue weighted by atomic mass is 79.9. The van der Waals surface area contributed by atoms with Crippen molar-refractivity contribution in [1.82, 2.24) is 0 Å². The van der Waals surface area contributed by atoms with Crippen LogP contribution in [0.3, 0.4) is 0 Å². The average molecular weight is 455 g/mol. The highest BCUT2D eigenvalue weighted by molar-refractivity contribution is 9.10. The van der Waals surface area contributed by atoms with E-state index >= 15 is 0 Å². The fourth-order valence-corrected chi connectivity index (χ4v) is 3.03. The molecule has 29 heavy (non-hydrogen) atoms. The van der Waals surface area contributed by atoms with Gasteiger partial charge < -0.3 is 10.1 Å². The molecular formula is C21H15BrN2O5. The van der Waals surface area contributed by atoms with E-state index in [4.69, 9.17) is 4.74 Å². The second-order valence-corrected chi connectivity index (χ2v) is 6.83. The standard InChI is InChI=1S/C21H15BrN2O5/c22-17-13-16(24(27)28)11-12-18(17)23-20(25)19(14-7-3-1-4-8-14)29-21(26)15-9-5-2-6-10-15/h1-13,19H,(H,23,25)/t19-/m1/s1. The van der Waals surface area contributed by atoms with Gasteiger partial charge in [0.05, 0.1) is 16.2 Å². The third-order valence-electron chi connectivity index (χ3n) is 4.00. The minimum absolute atomic E-state index is 0.120. The van der Waals surface area contributed by atoms with Crippen LogP contribution >= 0.6 is 15.9 Å². The lowest BCUT2D eigenvalue weighted by atomic mass is 10.1. The summed E-state index contributed by atoms with van der Waals surface area (Å²) in [6.07, 6.45) is -1.20. The number of nitro benzene ring substituents is 1. The molecule has 0 fully saturated rings. The molecule has 0 bridgehead atoms. The van der Waals surface area contributed by atoms with E-state index < -0.39 is 22.9 Å². The molecule has 0 aromatic heterocycles. The topological polar surface area (TPSA) is 98.5 Å². The van der Waals surface area contributed by atoms with Gasteiger partial charge in [0, 0.05) is 22.2 Å². The van der Waals surface area contributed by atoms with Crippen molar-refractivity contribution >= 4 is 39.2 Å². The number of benzene rings is 3. The van der Waals surface area contributed by atoms with Gasteiger partial charge in [-0.25, -0.2) is 4.79 Å². The zero-order valence-corrected chi connectivity index (χ0v) is 16.5. The molecule has 1 amide bonds. The number of rotatable bonds is 6. The molecule has 3 aromatic rings. The Bertz CT molecular complexity index is 1040. The second kappa shape index (κ2) is 9.11. The van der Waals surface area contributed by atoms with Gasteiger partial charge in [-0.15, -0.1) is 0 Å². The molecule has 1 atom stereocenters. The van der Waals surface area contributed by atoms with E-state index in [9.17, 15) is 19.7 Å². The van der Waals surface area contributed by atoms with E-state index in [1.54, 1.807) is 60.7 Å². The van der Waals surface area contributed by atoms with Crippen LogP contribution in [0.15, 0.2) is 83.3 Å². The van der Waals surface area contributed by atoms with Gasteiger partial charge in [0.25, 0.3) is 11.6 Å². The fourth-order valence-electron chi connectivity index (χ4n) is 2.57. The van der Waals surface area contributed by atoms with Gasteiger partial charge in [-0.05, 0) is 34.1 Å². The summed E-state index contributed by atoms with van der Waals surface area (Å²) in [5.41, 5.74) is 1.01. The number of nitrogens with zero attached hydrogens (tertiary/aromatic N) is 1. The summed E-state index contributed by atoms with van der Waals surface area (Å²) in [5, 5.41) is 13.5. The van der Waals surface area contributed by atoms with Crippen LogP contribution in [0.4, 0.5) is 11.4 Å². The summed E-state index contributed by atoms with van der Waals surface area (Å²) in [5.74, 6) is -1.23. The van der Waals surface area contributed by atoms with Crippen molar-refractivity contribution in [2.24, 2.45) is 0 Å². The molecule has 0 heterocycles. The van der Waals surface area contributed by atoms with Crippen LogP contribution in [0.5, 0.6) is 0 Å². The third kappa shape index (κ3) is 5.05. The van der Waals surface area contributed by atoms with E-state index in [0.29, 0.717) is 21.3 Å². The smallest absolute Gasteiger partial charge is 0.339 e. The Balaban J connectivity index is 1.85. The Morgan fingerprint density at radius 3 is 2.17 bits per heavy atom. The number of hydrogen-bond donors (Lipinski definition) is 1. The second-order valence-electron chi connectivity index (χ2n) is 5.97. The summed E-state index contributed by atoms with van der Waals surface area (Å²) < 4.78 is 5.82. The number of nitrogens with one attached hydrogen (secondary N) is 1. The molecule has 1 N–H and O–H groups in total. The van der Waals surface area contributed by atoms with E-state index in [0.717, 1.165) is 0 Å². The number of halogens is 1. The SMILES string of the molecule is O=C(O[C@@H](C(=O)Nc1ccc([N+](=O)[O-])cc1Br)c1ccccc1)c1ccccc1. The minimum Gasteiger partial charge on any atom is -0.444 e. The van der Waals surface area contributed by atoms with E-state index in [1.807, 2.05) is 0 Å². The number of hydrogen-bond acceptors (Lipinski definition) is 5. The van der Waals surface area contributed by atoms with E-state index in [-0.39, 0.29) is 5.69 Å². The van der Waals surface area contributed by atoms with Crippen molar-refractivity contribution in [2.75, 3.05) is 5.32 Å². The molecular weight excluding hydrogens is 440 g/mol. The van der Waals surface area contributed by atoms with Gasteiger partial charge in [0.1, 0.15) is 0 Å². The Labute approximate surface area is 174 Å². The number of amides is 1. The predicted molar refractivity (Wildman–Crippen MR) is 110 cm³/mol. The normalized spacial score (nSPS) is 11.3. The molecule has 0 aliphatic carbocycles. The molecule has 3 rings (SSSR count). The number of esters is 1. The fraction of sp³-hybridized carbons (Fsp3) is 0.0476. The van der Waals surface area contributed by atoms with E-state index in [2.05, 4.69) is 21.2 Å². The maximum atomic E-state index is 12.9. The molecule has 0 saturated heterocycles. The molecule has 146 valence electrons. The molecule has 0 radical (unpaired) electrons. The summed E-state index contributed by atoms with van der Waals surface area (Å²) >= 11 is 3.21. The van der Waals surface area contributed by atoms with Crippen LogP contribution < -0.4 is 5.32 Å². The first-order valence-corrected chi connectivity index (χ1v) is 9.31. The first kappa shape index (κ1) is 20.2. The monoisotopic (exact) mass is 454 g/mol. The van der Waals surface area contributed by atoms with Gasteiger partial charge in [0.2, 0.25) is 6.10 Å². The first-order chi connectivity index (χ1) is 14.0. The lowest BCUT2D eigenvalue weighted by Crippen LogP contribution is -2.26. The predicted octanol–water partition coefficient (Wildman–Crippen LogP) is 4.89. The van der Waals surface area contributed by atoms with Crippen LogP contribution in [0.1, 0.15) is 22.0 Å². The van der Waals surface area contributed by atoms with Gasteiger partial charge in [-0.3, -0.25) is 14.9 Å². The number of carbonyl (C=O) groups is 2. The van der Waals surface area contributed by atoms with Crippen molar-refractivity contribution in [3.05, 3.63) is 105 Å². The lowest BCUT2D eigenvalue weighted by molar-refractivity contribution is -0.384. The molecule has 0 aliphatic heterocycles. The zero-order valence-electron chi connectivity index (χ0n) is 14.9. The zero-order chi connectivity index (χ0) is 20.8. The summed E-state index contributed by atoms with van der Waals surface area (Å²) in [7, 11) is 0. The Kier molecular flexibility index (Phi) is 6.36. The molecule has 0 unspecified atom stereocenters. The first-order valence-electron chi connectivity index (χ1n) is 8.51. The number of ether oxygens (including phenoxy) is 1. The third-order valence-corrected chi connectivity index (χ3v) is 4.65. The highest BCUT2D eigenvalue weighted by Gasteiger charge is 2.26. The Hall–Kier alpha value is -3.52. The number of anilines is 1. The Morgan fingerprint density at radius 2 is 1.59 bits per heavy atom. The van der Waals surface area contributed by atoms with Crippen molar-refractivity contribution in [2.45, 2.75) is 6.10 Å². The van der Waals surface area contributed by atoms with Crippen molar-refractivity contribution in [3.63, 3.8) is 0 Å². The number of non-ortho nitro benzene ring substituents is 1. The molecule has 0 saturated carbocycles. The summed E-state index contributed by atoms with van der Waals surface area (Å²) in [6.45, 7) is 0. The van der Waals surface area contributed by atoms with Crippen LogP contribution in [0.25, 0.3) is 0 Å². The lowest BCUT2D eigenvalue weighted by Gasteiger charge is -2.18. The van der Waals surface area contributed by atoms with E-state index in [1.165, 1.54) is 18.2 Å². The summed E-state index contributed by atoms with van der Waals surface area (Å²) in [4.78, 5) is 35.7. The van der Waals surface area contributed by atoms with Crippen LogP contribution in [-0.4, -0.2) is 16.8 Å². The van der Waals surface area contributed by atoms with Crippen molar-refractivity contribution in [1.29, 1.82) is 0 Å². The molecule has 0 spiro atoms. The quantitative estimate of drug-likeness (QED) is 0.324. The Morgan fingerprint density at radius 1 is 0.966 bits per heavy atom. The molecule has 7 nitrogen and oxygen atoms in total. The summed E-state index contributed by atoms with van der Waals surface area (Å²) in [6, 6.07) is 20.9. The van der Waals surface area contributed by atoms with Crippen LogP contribution in [-0.2, 0) is 9.53 Å². The van der Waals surface area contributed by atoms with Crippen LogP contribution in [0.2, 0.25) is 0 Å². The number of nitro groups is 1. The van der Waals surface area contributed by atoms with Gasteiger partial charge in [-0.2, -0.15) is 0 Å². The largest absolute Gasteiger partial charge is 0.444 e. The van der Waals surface area contributed by atoms with Crippen molar-refractivity contribution < 1.29 is 19.2 Å². The molecule has 3 aromatic carbocycles. The van der Waals surface area contributed by atoms with Gasteiger partial charge in [0.15, 0.2) is 0 Å². The average Bonchev–Trinajstić information content (AvgIpc) is 2.74. The molecule has 8 heteroatoms. The highest BCUT2D eigenvalue weighted by Crippen LogP contribution is 2.29. The maximum absolute atomic E-state index is 12.9. The maximum Gasteiger partial charge on any atom is 0.339 e. The minimum atomic E-state index is -1.20. The van der Waals surface area contributed by atoms with Gasteiger partial charge in [-0.1, -0.05) is 48.5 Å². The van der Waals surface area contributed by atoms with Crippen molar-refractivity contribution in [3.8, 4) is 0 Å². The number of carbonyl (C=O) groups excluding carboxylic acids is 2. The van der Waals surface area contributed by atoms with Gasteiger partial charge >= 0.3 is 5.97 Å².